The molecule has 40 heavy (non-hydrogen) atoms. The number of methoxy groups -OCH3 is 1. The van der Waals surface area contributed by atoms with Crippen LogP contribution in [0.5, 0.6) is 5.75 Å². The SMILES string of the molecule is COC(=O)c1ccc(N2C(=O)NC(=O)/C(=C/c3ccc(OCC(=O)Nc4cccc(C)c4C)c(Cl)c3)C2=O)cc1. The number of aryl methyl sites for hydroxylation is 1. The molecule has 1 fully saturated rings. The molecule has 1 saturated heterocycles. The summed E-state index contributed by atoms with van der Waals surface area (Å²) in [6.45, 7) is 3.56. The molecule has 1 heterocycles. The molecule has 5 amide bonds. The smallest absolute Gasteiger partial charge is 0.337 e. The van der Waals surface area contributed by atoms with Crippen molar-refractivity contribution in [2.24, 2.45) is 0 Å². The molecule has 3 aromatic rings. The van der Waals surface area contributed by atoms with E-state index in [-0.39, 0.29) is 40.1 Å². The predicted octanol–water partition coefficient (Wildman–Crippen LogP) is 4.43. The van der Waals surface area contributed by atoms with Crippen molar-refractivity contribution < 1.29 is 33.4 Å². The minimum Gasteiger partial charge on any atom is -0.482 e. The molecule has 1 aliphatic rings. The number of urea groups is 1. The molecule has 2 N–H and O–H groups in total. The van der Waals surface area contributed by atoms with Crippen molar-refractivity contribution in [3.05, 3.63) is 93.5 Å². The maximum Gasteiger partial charge on any atom is 0.337 e. The van der Waals surface area contributed by atoms with E-state index in [0.717, 1.165) is 16.0 Å². The van der Waals surface area contributed by atoms with Crippen LogP contribution in [0, 0.1) is 13.8 Å². The third-order valence-corrected chi connectivity index (χ3v) is 6.45. The summed E-state index contributed by atoms with van der Waals surface area (Å²) in [7, 11) is 1.23. The molecule has 0 atom stereocenters. The summed E-state index contributed by atoms with van der Waals surface area (Å²) in [5, 5.41) is 5.07. The lowest BCUT2D eigenvalue weighted by Crippen LogP contribution is -2.54. The van der Waals surface area contributed by atoms with E-state index >= 15 is 0 Å². The molecular weight excluding hydrogens is 538 g/mol. The molecule has 11 heteroatoms. The van der Waals surface area contributed by atoms with Gasteiger partial charge in [0.05, 0.1) is 23.4 Å². The Morgan fingerprint density at radius 2 is 1.75 bits per heavy atom. The Morgan fingerprint density at radius 1 is 1.02 bits per heavy atom. The molecule has 0 radical (unpaired) electrons. The highest BCUT2D eigenvalue weighted by Gasteiger charge is 2.36. The van der Waals surface area contributed by atoms with Gasteiger partial charge in [-0.05, 0) is 79.1 Å². The Bertz CT molecular complexity index is 1560. The van der Waals surface area contributed by atoms with Gasteiger partial charge in [0.15, 0.2) is 6.61 Å². The average Bonchev–Trinajstić information content (AvgIpc) is 2.93. The third kappa shape index (κ3) is 6.02. The number of hydrogen-bond acceptors (Lipinski definition) is 7. The molecule has 0 aromatic heterocycles. The number of nitrogens with one attached hydrogen (secondary N) is 2. The number of esters is 1. The molecule has 0 bridgehead atoms. The maximum absolute atomic E-state index is 13.1. The van der Waals surface area contributed by atoms with Crippen molar-refractivity contribution in [3.8, 4) is 5.75 Å². The summed E-state index contributed by atoms with van der Waals surface area (Å²) in [6.07, 6.45) is 1.28. The molecule has 4 rings (SSSR count). The number of rotatable bonds is 7. The standard InChI is InChI=1S/C29H24ClN3O7/c1-16-5-4-6-23(17(16)2)31-25(34)15-40-24-12-7-18(14-22(24)30)13-21-26(35)32-29(38)33(27(21)36)20-10-8-19(9-11-20)28(37)39-3/h4-14H,15H2,1-3H3,(H,31,34)(H,32,35,38)/b21-13-. The van der Waals surface area contributed by atoms with Crippen molar-refractivity contribution in [2.45, 2.75) is 13.8 Å². The second kappa shape index (κ2) is 11.8. The molecule has 0 spiro atoms. The first-order valence-corrected chi connectivity index (χ1v) is 12.3. The zero-order valence-corrected chi connectivity index (χ0v) is 22.5. The molecule has 0 saturated carbocycles. The van der Waals surface area contributed by atoms with Crippen molar-refractivity contribution in [2.75, 3.05) is 23.9 Å². The number of hydrogen-bond donors (Lipinski definition) is 2. The fourth-order valence-corrected chi connectivity index (χ4v) is 4.11. The number of ether oxygens (including phenoxy) is 2. The van der Waals surface area contributed by atoms with Crippen LogP contribution in [0.4, 0.5) is 16.2 Å². The van der Waals surface area contributed by atoms with Gasteiger partial charge >= 0.3 is 12.0 Å². The second-order valence-electron chi connectivity index (χ2n) is 8.77. The van der Waals surface area contributed by atoms with Crippen LogP contribution in [-0.4, -0.2) is 43.4 Å². The molecule has 3 aromatic carbocycles. The third-order valence-electron chi connectivity index (χ3n) is 6.15. The number of imide groups is 2. The van der Waals surface area contributed by atoms with Crippen molar-refractivity contribution >= 4 is 58.8 Å². The lowest BCUT2D eigenvalue weighted by molar-refractivity contribution is -0.122. The second-order valence-corrected chi connectivity index (χ2v) is 9.18. The maximum atomic E-state index is 13.1. The zero-order chi connectivity index (χ0) is 29.0. The fraction of sp³-hybridized carbons (Fsp3) is 0.138. The first-order valence-electron chi connectivity index (χ1n) is 12.0. The average molecular weight is 562 g/mol. The van der Waals surface area contributed by atoms with Gasteiger partial charge in [-0.2, -0.15) is 0 Å². The van der Waals surface area contributed by atoms with Gasteiger partial charge in [-0.3, -0.25) is 19.7 Å². The van der Waals surface area contributed by atoms with Crippen LogP contribution in [-0.2, 0) is 19.1 Å². The number of benzene rings is 3. The summed E-state index contributed by atoms with van der Waals surface area (Å²) in [5.41, 5.74) is 3.12. The summed E-state index contributed by atoms with van der Waals surface area (Å²) in [4.78, 5) is 62.9. The molecule has 1 aliphatic heterocycles. The fourth-order valence-electron chi connectivity index (χ4n) is 3.86. The predicted molar refractivity (Wildman–Crippen MR) is 148 cm³/mol. The highest BCUT2D eigenvalue weighted by atomic mass is 35.5. The van der Waals surface area contributed by atoms with E-state index in [9.17, 15) is 24.0 Å². The lowest BCUT2D eigenvalue weighted by Gasteiger charge is -2.26. The van der Waals surface area contributed by atoms with Gasteiger partial charge in [0.1, 0.15) is 11.3 Å². The molecule has 204 valence electrons. The number of barbiturate groups is 1. The molecule has 10 nitrogen and oxygen atoms in total. The Balaban J connectivity index is 1.48. The molecule has 0 unspecified atom stereocenters. The largest absolute Gasteiger partial charge is 0.482 e. The van der Waals surface area contributed by atoms with Gasteiger partial charge in [0, 0.05) is 5.69 Å². The Kier molecular flexibility index (Phi) is 8.30. The minimum absolute atomic E-state index is 0.142. The lowest BCUT2D eigenvalue weighted by atomic mass is 10.1. The van der Waals surface area contributed by atoms with Crippen LogP contribution >= 0.6 is 11.6 Å². The van der Waals surface area contributed by atoms with Crippen molar-refractivity contribution in [1.29, 1.82) is 0 Å². The van der Waals surface area contributed by atoms with Gasteiger partial charge in [-0.15, -0.1) is 0 Å². The summed E-state index contributed by atoms with van der Waals surface area (Å²) >= 11 is 6.34. The van der Waals surface area contributed by atoms with Gasteiger partial charge in [0.25, 0.3) is 17.7 Å². The zero-order valence-electron chi connectivity index (χ0n) is 21.7. The van der Waals surface area contributed by atoms with Crippen LogP contribution < -0.4 is 20.3 Å². The Hall–Kier alpha value is -4.96. The Morgan fingerprint density at radius 3 is 2.42 bits per heavy atom. The van der Waals surface area contributed by atoms with E-state index < -0.39 is 23.8 Å². The topological polar surface area (TPSA) is 131 Å². The highest BCUT2D eigenvalue weighted by molar-refractivity contribution is 6.39. The first kappa shape index (κ1) is 28.1. The highest BCUT2D eigenvalue weighted by Crippen LogP contribution is 2.28. The summed E-state index contributed by atoms with van der Waals surface area (Å²) in [6, 6.07) is 14.7. The van der Waals surface area contributed by atoms with Crippen molar-refractivity contribution in [3.63, 3.8) is 0 Å². The number of nitrogens with zero attached hydrogens (tertiary/aromatic N) is 1. The normalized spacial score (nSPS) is 14.2. The van der Waals surface area contributed by atoms with E-state index in [1.54, 1.807) is 12.1 Å². The number of carbonyl (C=O) groups excluding carboxylic acids is 5. The van der Waals surface area contributed by atoms with Crippen LogP contribution in [0.1, 0.15) is 27.0 Å². The van der Waals surface area contributed by atoms with Crippen LogP contribution in [0.3, 0.4) is 0 Å². The van der Waals surface area contributed by atoms with Gasteiger partial charge in [0.2, 0.25) is 0 Å². The summed E-state index contributed by atoms with van der Waals surface area (Å²) in [5.74, 6) is -2.47. The van der Waals surface area contributed by atoms with E-state index in [1.807, 2.05) is 26.0 Å². The monoisotopic (exact) mass is 561 g/mol. The van der Waals surface area contributed by atoms with Crippen LogP contribution in [0.2, 0.25) is 5.02 Å². The van der Waals surface area contributed by atoms with E-state index in [2.05, 4.69) is 15.4 Å². The molecular formula is C29H24ClN3O7. The number of anilines is 2. The van der Waals surface area contributed by atoms with Gasteiger partial charge in [-0.25, -0.2) is 14.5 Å². The number of halogens is 1. The van der Waals surface area contributed by atoms with Crippen LogP contribution in [0.25, 0.3) is 6.08 Å². The Labute approximate surface area is 234 Å². The number of carbonyl (C=O) groups is 5. The first-order chi connectivity index (χ1) is 19.1. The van der Waals surface area contributed by atoms with Gasteiger partial charge < -0.3 is 14.8 Å². The van der Waals surface area contributed by atoms with E-state index in [0.29, 0.717) is 11.3 Å². The summed E-state index contributed by atoms with van der Waals surface area (Å²) < 4.78 is 10.2. The van der Waals surface area contributed by atoms with Crippen molar-refractivity contribution in [1.82, 2.24) is 5.32 Å². The van der Waals surface area contributed by atoms with E-state index in [1.165, 1.54) is 49.6 Å². The van der Waals surface area contributed by atoms with E-state index in [4.69, 9.17) is 16.3 Å². The molecule has 0 aliphatic carbocycles. The van der Waals surface area contributed by atoms with Crippen LogP contribution in [0.15, 0.2) is 66.2 Å². The van der Waals surface area contributed by atoms with Gasteiger partial charge in [-0.1, -0.05) is 29.8 Å². The number of amides is 5. The minimum atomic E-state index is -0.932. The quantitative estimate of drug-likeness (QED) is 0.248.